The van der Waals surface area contributed by atoms with Crippen molar-refractivity contribution >= 4 is 0 Å². The minimum absolute atomic E-state index is 0.329. The van der Waals surface area contributed by atoms with Crippen molar-refractivity contribution in [2.75, 3.05) is 6.61 Å². The topological polar surface area (TPSA) is 29.5 Å². The molecule has 1 aromatic carbocycles. The van der Waals surface area contributed by atoms with E-state index in [0.29, 0.717) is 24.4 Å². The second-order valence-electron chi connectivity index (χ2n) is 6.62. The molecule has 3 atom stereocenters. The summed E-state index contributed by atoms with van der Waals surface area (Å²) in [5.74, 6) is 2.25. The normalized spacial score (nSPS) is 30.5. The van der Waals surface area contributed by atoms with Crippen LogP contribution in [0.5, 0.6) is 5.75 Å². The average molecular weight is 276 g/mol. The van der Waals surface area contributed by atoms with Crippen LogP contribution in [-0.2, 0) is 5.60 Å². The van der Waals surface area contributed by atoms with E-state index in [1.165, 1.54) is 6.42 Å². The predicted molar refractivity (Wildman–Crippen MR) is 82.9 cm³/mol. The lowest BCUT2D eigenvalue weighted by Gasteiger charge is -2.45. The lowest BCUT2D eigenvalue weighted by molar-refractivity contribution is -0.0866. The minimum Gasteiger partial charge on any atom is -0.494 e. The van der Waals surface area contributed by atoms with Gasteiger partial charge in [0.25, 0.3) is 0 Å². The zero-order chi connectivity index (χ0) is 14.8. The van der Waals surface area contributed by atoms with Crippen LogP contribution in [0.15, 0.2) is 24.3 Å². The fourth-order valence-corrected chi connectivity index (χ4v) is 3.73. The van der Waals surface area contributed by atoms with Crippen molar-refractivity contribution in [2.45, 2.75) is 52.6 Å². The van der Waals surface area contributed by atoms with E-state index in [0.717, 1.165) is 24.2 Å². The molecule has 1 aromatic rings. The Hall–Kier alpha value is -1.02. The third-order valence-corrected chi connectivity index (χ3v) is 4.69. The highest BCUT2D eigenvalue weighted by Crippen LogP contribution is 2.47. The Labute approximate surface area is 123 Å². The molecule has 20 heavy (non-hydrogen) atoms. The van der Waals surface area contributed by atoms with Crippen LogP contribution in [0, 0.1) is 17.8 Å². The summed E-state index contributed by atoms with van der Waals surface area (Å²) in [5, 5.41) is 11.4. The van der Waals surface area contributed by atoms with Gasteiger partial charge < -0.3 is 9.84 Å². The number of aliphatic hydroxyl groups is 1. The van der Waals surface area contributed by atoms with Gasteiger partial charge in [-0.2, -0.15) is 0 Å². The van der Waals surface area contributed by atoms with E-state index in [1.807, 2.05) is 25.1 Å². The van der Waals surface area contributed by atoms with Crippen LogP contribution in [0.2, 0.25) is 0 Å². The summed E-state index contributed by atoms with van der Waals surface area (Å²) < 4.78 is 5.59. The molecular weight excluding hydrogens is 248 g/mol. The molecule has 1 aliphatic rings. The molecule has 2 heteroatoms. The summed E-state index contributed by atoms with van der Waals surface area (Å²) in [6.07, 6.45) is 3.18. The summed E-state index contributed by atoms with van der Waals surface area (Å²) >= 11 is 0. The summed E-state index contributed by atoms with van der Waals surface area (Å²) in [6.45, 7) is 9.33. The Morgan fingerprint density at radius 2 is 2.10 bits per heavy atom. The monoisotopic (exact) mass is 276 g/mol. The molecule has 0 aromatic heterocycles. The molecule has 2 nitrogen and oxygen atoms in total. The minimum atomic E-state index is -0.709. The molecule has 3 unspecified atom stereocenters. The molecule has 0 radical (unpaired) electrons. The average Bonchev–Trinajstić information content (AvgIpc) is 2.39. The molecule has 1 aliphatic carbocycles. The van der Waals surface area contributed by atoms with Crippen molar-refractivity contribution in [3.05, 3.63) is 29.8 Å². The fraction of sp³-hybridized carbons (Fsp3) is 0.667. The molecule has 1 saturated carbocycles. The van der Waals surface area contributed by atoms with E-state index in [9.17, 15) is 5.11 Å². The largest absolute Gasteiger partial charge is 0.494 e. The number of ether oxygens (including phenoxy) is 1. The zero-order valence-corrected chi connectivity index (χ0v) is 13.2. The first-order valence-electron chi connectivity index (χ1n) is 7.93. The summed E-state index contributed by atoms with van der Waals surface area (Å²) in [6, 6.07) is 8.04. The van der Waals surface area contributed by atoms with Crippen LogP contribution in [-0.4, -0.2) is 11.7 Å². The third-order valence-electron chi connectivity index (χ3n) is 4.69. The van der Waals surface area contributed by atoms with Crippen molar-refractivity contribution in [1.82, 2.24) is 0 Å². The van der Waals surface area contributed by atoms with Crippen LogP contribution in [0.4, 0.5) is 0 Å². The van der Waals surface area contributed by atoms with Crippen LogP contribution in [0.1, 0.15) is 52.5 Å². The van der Waals surface area contributed by atoms with E-state index < -0.39 is 5.60 Å². The van der Waals surface area contributed by atoms with Gasteiger partial charge >= 0.3 is 0 Å². The molecule has 0 heterocycles. The van der Waals surface area contributed by atoms with E-state index in [1.54, 1.807) is 0 Å². The maximum absolute atomic E-state index is 11.4. The summed E-state index contributed by atoms with van der Waals surface area (Å²) in [7, 11) is 0. The lowest BCUT2D eigenvalue weighted by atomic mass is 9.64. The first-order chi connectivity index (χ1) is 9.47. The molecule has 0 amide bonds. The molecular formula is C18H28O2. The van der Waals surface area contributed by atoms with E-state index in [4.69, 9.17) is 4.74 Å². The van der Waals surface area contributed by atoms with Crippen LogP contribution < -0.4 is 4.74 Å². The maximum Gasteiger partial charge on any atom is 0.119 e. The van der Waals surface area contributed by atoms with Crippen molar-refractivity contribution in [2.24, 2.45) is 17.8 Å². The van der Waals surface area contributed by atoms with Gasteiger partial charge in [-0.05, 0) is 55.2 Å². The van der Waals surface area contributed by atoms with Gasteiger partial charge in [0.05, 0.1) is 12.2 Å². The number of hydrogen-bond donors (Lipinski definition) is 1. The first kappa shape index (κ1) is 15.4. The first-order valence-corrected chi connectivity index (χ1v) is 7.93. The van der Waals surface area contributed by atoms with Gasteiger partial charge in [-0.1, -0.05) is 39.3 Å². The Bertz CT molecular complexity index is 441. The third kappa shape index (κ3) is 3.01. The zero-order valence-electron chi connectivity index (χ0n) is 13.2. The number of hydrogen-bond acceptors (Lipinski definition) is 2. The Morgan fingerprint density at radius 3 is 2.75 bits per heavy atom. The van der Waals surface area contributed by atoms with Gasteiger partial charge in [-0.15, -0.1) is 0 Å². The highest BCUT2D eigenvalue weighted by atomic mass is 16.5. The number of benzene rings is 1. The van der Waals surface area contributed by atoms with Crippen LogP contribution in [0.25, 0.3) is 0 Å². The summed E-state index contributed by atoms with van der Waals surface area (Å²) in [5.41, 5.74) is 0.313. The van der Waals surface area contributed by atoms with Gasteiger partial charge in [-0.25, -0.2) is 0 Å². The molecule has 2 rings (SSSR count). The Kier molecular flexibility index (Phi) is 4.74. The van der Waals surface area contributed by atoms with E-state index >= 15 is 0 Å². The van der Waals surface area contributed by atoms with Crippen LogP contribution in [0.3, 0.4) is 0 Å². The van der Waals surface area contributed by atoms with Gasteiger partial charge in [0.15, 0.2) is 0 Å². The quantitative estimate of drug-likeness (QED) is 0.885. The molecule has 0 spiro atoms. The van der Waals surface area contributed by atoms with Gasteiger partial charge in [0, 0.05) is 0 Å². The van der Waals surface area contributed by atoms with Crippen molar-refractivity contribution in [3.63, 3.8) is 0 Å². The van der Waals surface area contributed by atoms with Gasteiger partial charge in [-0.3, -0.25) is 0 Å². The van der Waals surface area contributed by atoms with Gasteiger partial charge in [0.2, 0.25) is 0 Å². The van der Waals surface area contributed by atoms with Crippen molar-refractivity contribution in [1.29, 1.82) is 0 Å². The standard InChI is InChI=1S/C18H28O2/c1-5-20-16-8-6-7-15(11-16)18(19)12-14(4)9-10-17(18)13(2)3/h6-8,11,13-14,17,19H,5,9-10,12H2,1-4H3. The molecule has 1 fully saturated rings. The van der Waals surface area contributed by atoms with Crippen LogP contribution >= 0.6 is 0 Å². The number of rotatable bonds is 4. The Morgan fingerprint density at radius 1 is 1.35 bits per heavy atom. The highest BCUT2D eigenvalue weighted by molar-refractivity contribution is 5.33. The fourth-order valence-electron chi connectivity index (χ4n) is 3.73. The summed E-state index contributed by atoms with van der Waals surface area (Å²) in [4.78, 5) is 0. The molecule has 0 aliphatic heterocycles. The van der Waals surface area contributed by atoms with Crippen molar-refractivity contribution in [3.8, 4) is 5.75 Å². The van der Waals surface area contributed by atoms with Crippen molar-refractivity contribution < 1.29 is 9.84 Å². The second kappa shape index (κ2) is 6.17. The second-order valence-corrected chi connectivity index (χ2v) is 6.62. The molecule has 112 valence electrons. The smallest absolute Gasteiger partial charge is 0.119 e. The highest BCUT2D eigenvalue weighted by Gasteiger charge is 2.44. The molecule has 0 bridgehead atoms. The van der Waals surface area contributed by atoms with Gasteiger partial charge in [0.1, 0.15) is 5.75 Å². The molecule has 0 saturated heterocycles. The molecule has 1 N–H and O–H groups in total. The SMILES string of the molecule is CCOc1cccc(C2(O)CC(C)CCC2C(C)C)c1. The maximum atomic E-state index is 11.4. The predicted octanol–water partition coefficient (Wildman–Crippen LogP) is 4.37. The van der Waals surface area contributed by atoms with E-state index in [-0.39, 0.29) is 0 Å². The lowest BCUT2D eigenvalue weighted by Crippen LogP contribution is -2.43. The Balaban J connectivity index is 2.36. The van der Waals surface area contributed by atoms with E-state index in [2.05, 4.69) is 26.8 Å².